The number of benzene rings is 1. The van der Waals surface area contributed by atoms with Crippen molar-refractivity contribution in [2.75, 3.05) is 6.54 Å². The van der Waals surface area contributed by atoms with Gasteiger partial charge in [0.1, 0.15) is 11.5 Å². The highest BCUT2D eigenvalue weighted by atomic mass is 35.5. The molecule has 1 aromatic heterocycles. The molecular weight excluding hydrogens is 306 g/mol. The van der Waals surface area contributed by atoms with Crippen LogP contribution in [-0.4, -0.2) is 24.6 Å². The van der Waals surface area contributed by atoms with Crippen LogP contribution in [0.2, 0.25) is 5.02 Å². The number of nitrogens with zero attached hydrogens (tertiary/aromatic N) is 1. The number of hydrazone groups is 1. The summed E-state index contributed by atoms with van der Waals surface area (Å²) in [5.41, 5.74) is 2.67. The van der Waals surface area contributed by atoms with Crippen LogP contribution in [0.1, 0.15) is 21.9 Å². The van der Waals surface area contributed by atoms with E-state index in [1.807, 2.05) is 0 Å². The molecule has 2 N–H and O–H groups in total. The highest BCUT2D eigenvalue weighted by molar-refractivity contribution is 6.30. The molecule has 22 heavy (non-hydrogen) atoms. The molecular formula is C15H14ClN3O3. The lowest BCUT2D eigenvalue weighted by molar-refractivity contribution is -0.120. The van der Waals surface area contributed by atoms with Gasteiger partial charge in [-0.2, -0.15) is 5.10 Å². The minimum atomic E-state index is -0.449. The first kappa shape index (κ1) is 15.8. The van der Waals surface area contributed by atoms with E-state index in [2.05, 4.69) is 15.8 Å². The first-order valence-corrected chi connectivity index (χ1v) is 6.84. The molecule has 0 unspecified atom stereocenters. The molecule has 0 saturated carbocycles. The lowest BCUT2D eigenvalue weighted by atomic mass is 10.2. The fourth-order valence-corrected chi connectivity index (χ4v) is 1.81. The van der Waals surface area contributed by atoms with Crippen LogP contribution in [0.5, 0.6) is 0 Å². The van der Waals surface area contributed by atoms with Crippen molar-refractivity contribution in [2.24, 2.45) is 5.10 Å². The third-order valence-electron chi connectivity index (χ3n) is 2.64. The van der Waals surface area contributed by atoms with Crippen LogP contribution in [0, 0.1) is 6.92 Å². The average molecular weight is 320 g/mol. The Morgan fingerprint density at radius 2 is 2.14 bits per heavy atom. The number of nitrogens with one attached hydrogen (secondary N) is 2. The molecule has 1 heterocycles. The molecule has 114 valence electrons. The second-order valence-electron chi connectivity index (χ2n) is 4.43. The molecule has 0 radical (unpaired) electrons. The monoisotopic (exact) mass is 319 g/mol. The van der Waals surface area contributed by atoms with Gasteiger partial charge in [0.25, 0.3) is 11.8 Å². The Morgan fingerprint density at radius 1 is 1.32 bits per heavy atom. The Bertz CT molecular complexity index is 710. The third kappa shape index (κ3) is 4.75. The van der Waals surface area contributed by atoms with Crippen molar-refractivity contribution in [3.05, 3.63) is 58.5 Å². The van der Waals surface area contributed by atoms with Crippen LogP contribution in [0.15, 0.2) is 45.9 Å². The summed E-state index contributed by atoms with van der Waals surface area (Å²) in [6.45, 7) is 1.61. The zero-order chi connectivity index (χ0) is 15.9. The number of furan rings is 1. The molecule has 2 rings (SSSR count). The number of rotatable bonds is 5. The van der Waals surface area contributed by atoms with Crippen molar-refractivity contribution in [3.63, 3.8) is 0 Å². The van der Waals surface area contributed by atoms with Crippen molar-refractivity contribution in [1.29, 1.82) is 0 Å². The van der Waals surface area contributed by atoms with E-state index in [-0.39, 0.29) is 12.5 Å². The van der Waals surface area contributed by atoms with Crippen LogP contribution in [0.25, 0.3) is 0 Å². The van der Waals surface area contributed by atoms with Gasteiger partial charge in [0.15, 0.2) is 0 Å². The molecule has 1 aromatic carbocycles. The lowest BCUT2D eigenvalue weighted by Crippen LogP contribution is -2.34. The van der Waals surface area contributed by atoms with Crippen LogP contribution < -0.4 is 10.7 Å². The van der Waals surface area contributed by atoms with Gasteiger partial charge in [-0.05, 0) is 37.3 Å². The Hall–Kier alpha value is -2.60. The molecule has 0 aliphatic rings. The molecule has 7 heteroatoms. The van der Waals surface area contributed by atoms with Crippen molar-refractivity contribution in [2.45, 2.75) is 6.92 Å². The van der Waals surface area contributed by atoms with Crippen LogP contribution in [-0.2, 0) is 4.79 Å². The van der Waals surface area contributed by atoms with E-state index < -0.39 is 5.91 Å². The smallest absolute Gasteiger partial charge is 0.259 e. The van der Waals surface area contributed by atoms with E-state index in [0.29, 0.717) is 16.3 Å². The minimum absolute atomic E-state index is 0.195. The largest absolute Gasteiger partial charge is 0.460 e. The van der Waals surface area contributed by atoms with Crippen molar-refractivity contribution < 1.29 is 14.0 Å². The maximum Gasteiger partial charge on any atom is 0.259 e. The van der Waals surface area contributed by atoms with Gasteiger partial charge in [-0.15, -0.1) is 0 Å². The molecule has 6 nitrogen and oxygen atoms in total. The Balaban J connectivity index is 1.78. The first-order valence-electron chi connectivity index (χ1n) is 6.47. The molecule has 0 aliphatic heterocycles. The Kier molecular flexibility index (Phi) is 5.32. The van der Waals surface area contributed by atoms with Crippen LogP contribution in [0.4, 0.5) is 0 Å². The van der Waals surface area contributed by atoms with E-state index in [9.17, 15) is 9.59 Å². The van der Waals surface area contributed by atoms with Crippen molar-refractivity contribution >= 4 is 29.6 Å². The number of amides is 2. The summed E-state index contributed by atoms with van der Waals surface area (Å²) in [5, 5.41) is 6.65. The first-order chi connectivity index (χ1) is 10.5. The number of carbonyl (C=O) groups excluding carboxylic acids is 2. The van der Waals surface area contributed by atoms with Crippen molar-refractivity contribution in [3.8, 4) is 0 Å². The summed E-state index contributed by atoms with van der Waals surface area (Å²) in [6.07, 6.45) is 1.38. The average Bonchev–Trinajstić information content (AvgIpc) is 2.90. The number of aryl methyl sites for hydroxylation is 1. The molecule has 0 aliphatic carbocycles. The fourth-order valence-electron chi connectivity index (χ4n) is 1.62. The normalized spacial score (nSPS) is 10.6. The SMILES string of the molecule is Cc1ccc(/C=N\NC(=O)CNC(=O)c2cccc(Cl)c2)o1. The Morgan fingerprint density at radius 3 is 2.82 bits per heavy atom. The Labute approximate surface area is 132 Å². The summed E-state index contributed by atoms with van der Waals surface area (Å²) < 4.78 is 5.25. The topological polar surface area (TPSA) is 83.7 Å². The van der Waals surface area contributed by atoms with E-state index in [1.165, 1.54) is 12.3 Å². The maximum atomic E-state index is 11.8. The van der Waals surface area contributed by atoms with Gasteiger partial charge in [-0.25, -0.2) is 5.43 Å². The summed E-state index contributed by atoms with van der Waals surface area (Å²) in [5.74, 6) is 0.445. The number of carbonyl (C=O) groups is 2. The fraction of sp³-hybridized carbons (Fsp3) is 0.133. The summed E-state index contributed by atoms with van der Waals surface area (Å²) in [6, 6.07) is 9.96. The van der Waals surface area contributed by atoms with Crippen molar-refractivity contribution in [1.82, 2.24) is 10.7 Å². The van der Waals surface area contributed by atoms with E-state index in [0.717, 1.165) is 5.76 Å². The number of halogens is 1. The van der Waals surface area contributed by atoms with E-state index in [1.54, 1.807) is 37.3 Å². The van der Waals surface area contributed by atoms with Gasteiger partial charge in [0, 0.05) is 10.6 Å². The van der Waals surface area contributed by atoms with Crippen LogP contribution in [0.3, 0.4) is 0 Å². The standard InChI is InChI=1S/C15H14ClN3O3/c1-10-5-6-13(22-10)8-18-19-14(20)9-17-15(21)11-3-2-4-12(16)7-11/h2-8H,9H2,1H3,(H,17,21)(H,19,20)/b18-8-. The minimum Gasteiger partial charge on any atom is -0.460 e. The second-order valence-corrected chi connectivity index (χ2v) is 4.87. The van der Waals surface area contributed by atoms with Gasteiger partial charge in [-0.3, -0.25) is 9.59 Å². The van der Waals surface area contributed by atoms with Gasteiger partial charge in [-0.1, -0.05) is 17.7 Å². The molecule has 0 bridgehead atoms. The van der Waals surface area contributed by atoms with Gasteiger partial charge in [0.05, 0.1) is 12.8 Å². The zero-order valence-corrected chi connectivity index (χ0v) is 12.6. The highest BCUT2D eigenvalue weighted by Crippen LogP contribution is 2.10. The van der Waals surface area contributed by atoms with Crippen LogP contribution >= 0.6 is 11.6 Å². The quantitative estimate of drug-likeness (QED) is 0.654. The molecule has 0 saturated heterocycles. The summed E-state index contributed by atoms with van der Waals surface area (Å²) >= 11 is 5.79. The number of hydrogen-bond donors (Lipinski definition) is 2. The molecule has 2 amide bonds. The lowest BCUT2D eigenvalue weighted by Gasteiger charge is -2.04. The number of hydrogen-bond acceptors (Lipinski definition) is 4. The molecule has 0 atom stereocenters. The third-order valence-corrected chi connectivity index (χ3v) is 2.87. The second kappa shape index (κ2) is 7.42. The maximum absolute atomic E-state index is 11.8. The van der Waals surface area contributed by atoms with Gasteiger partial charge < -0.3 is 9.73 Å². The van der Waals surface area contributed by atoms with Gasteiger partial charge in [0.2, 0.25) is 0 Å². The predicted octanol–water partition coefficient (Wildman–Crippen LogP) is 2.12. The molecule has 2 aromatic rings. The summed E-state index contributed by atoms with van der Waals surface area (Å²) in [4.78, 5) is 23.3. The highest BCUT2D eigenvalue weighted by Gasteiger charge is 2.07. The summed E-state index contributed by atoms with van der Waals surface area (Å²) in [7, 11) is 0. The van der Waals surface area contributed by atoms with E-state index in [4.69, 9.17) is 16.0 Å². The molecule has 0 fully saturated rings. The molecule has 0 spiro atoms. The van der Waals surface area contributed by atoms with E-state index >= 15 is 0 Å². The van der Waals surface area contributed by atoms with Gasteiger partial charge >= 0.3 is 0 Å². The zero-order valence-electron chi connectivity index (χ0n) is 11.8. The predicted molar refractivity (Wildman–Crippen MR) is 83.0 cm³/mol.